The van der Waals surface area contributed by atoms with E-state index in [1.165, 1.54) is 24.8 Å². The predicted molar refractivity (Wildman–Crippen MR) is 62.0 cm³/mol. The maximum atomic E-state index is 10.1. The van der Waals surface area contributed by atoms with Gasteiger partial charge in [0.2, 0.25) is 5.88 Å². The zero-order chi connectivity index (χ0) is 11.5. The molecule has 0 saturated heterocycles. The Kier molecular flexibility index (Phi) is 3.38. The summed E-state index contributed by atoms with van der Waals surface area (Å²) in [6.07, 6.45) is 0.503. The summed E-state index contributed by atoms with van der Waals surface area (Å²) in [5.41, 5.74) is 0.469. The highest BCUT2D eigenvalue weighted by molar-refractivity contribution is 7.10. The zero-order valence-electron chi connectivity index (χ0n) is 8.42. The Labute approximate surface area is 102 Å². The molecule has 1 unspecified atom stereocenters. The predicted octanol–water partition coefficient (Wildman–Crippen LogP) is 2.28. The lowest BCUT2D eigenvalue weighted by Crippen LogP contribution is -2.02. The van der Waals surface area contributed by atoms with Crippen molar-refractivity contribution in [1.29, 1.82) is 0 Å². The lowest BCUT2D eigenvalue weighted by atomic mass is 10.2. The molecule has 0 bridgehead atoms. The average molecular weight is 257 g/mol. The van der Waals surface area contributed by atoms with Gasteiger partial charge in [-0.1, -0.05) is 11.6 Å². The van der Waals surface area contributed by atoms with E-state index >= 15 is 0 Å². The molecule has 2 aromatic heterocycles. The quantitative estimate of drug-likeness (QED) is 0.915. The first kappa shape index (κ1) is 11.3. The molecule has 6 heteroatoms. The molecule has 0 aliphatic heterocycles. The number of aliphatic hydroxyl groups is 1. The van der Waals surface area contributed by atoms with Gasteiger partial charge >= 0.3 is 0 Å². The molecular weight excluding hydrogens is 248 g/mol. The van der Waals surface area contributed by atoms with E-state index in [2.05, 4.69) is 9.97 Å². The molecule has 2 heterocycles. The van der Waals surface area contributed by atoms with Gasteiger partial charge in [0.25, 0.3) is 0 Å². The zero-order valence-corrected chi connectivity index (χ0v) is 10.00. The third-order valence-electron chi connectivity index (χ3n) is 2.05. The van der Waals surface area contributed by atoms with Gasteiger partial charge in [-0.25, -0.2) is 9.97 Å². The topological polar surface area (TPSA) is 55.2 Å². The second-order valence-electron chi connectivity index (χ2n) is 3.02. The van der Waals surface area contributed by atoms with Gasteiger partial charge in [-0.2, -0.15) is 0 Å². The van der Waals surface area contributed by atoms with Gasteiger partial charge in [0, 0.05) is 6.07 Å². The van der Waals surface area contributed by atoms with E-state index in [4.69, 9.17) is 16.3 Å². The van der Waals surface area contributed by atoms with Crippen LogP contribution in [0.25, 0.3) is 0 Å². The fourth-order valence-corrected chi connectivity index (χ4v) is 2.41. The molecule has 84 valence electrons. The monoisotopic (exact) mass is 256 g/mol. The molecule has 2 rings (SSSR count). The van der Waals surface area contributed by atoms with Gasteiger partial charge in [-0.05, 0) is 11.4 Å². The van der Waals surface area contributed by atoms with Crippen LogP contribution in [0.3, 0.4) is 0 Å². The van der Waals surface area contributed by atoms with Crippen molar-refractivity contribution in [2.45, 2.75) is 6.10 Å². The second-order valence-corrected chi connectivity index (χ2v) is 4.38. The van der Waals surface area contributed by atoms with Gasteiger partial charge in [-0.15, -0.1) is 11.3 Å². The second kappa shape index (κ2) is 4.78. The van der Waals surface area contributed by atoms with E-state index in [1.807, 2.05) is 5.38 Å². The number of halogens is 1. The van der Waals surface area contributed by atoms with E-state index in [-0.39, 0.29) is 0 Å². The van der Waals surface area contributed by atoms with Crippen LogP contribution in [-0.2, 0) is 0 Å². The van der Waals surface area contributed by atoms with Gasteiger partial charge in [0.05, 0.1) is 22.7 Å². The van der Waals surface area contributed by atoms with Crippen molar-refractivity contribution in [2.24, 2.45) is 0 Å². The Bertz CT molecular complexity index is 489. The molecule has 0 aliphatic carbocycles. The Morgan fingerprint density at radius 2 is 2.31 bits per heavy atom. The summed E-state index contributed by atoms with van der Waals surface area (Å²) in [6, 6.07) is 3.32. The number of rotatable bonds is 3. The van der Waals surface area contributed by atoms with Gasteiger partial charge in [0.15, 0.2) is 0 Å². The van der Waals surface area contributed by atoms with Crippen molar-refractivity contribution in [2.75, 3.05) is 7.11 Å². The molecule has 4 nitrogen and oxygen atoms in total. The number of aromatic nitrogens is 2. The van der Waals surface area contributed by atoms with Crippen LogP contribution in [0.2, 0.25) is 5.02 Å². The minimum atomic E-state index is -0.843. The van der Waals surface area contributed by atoms with Gasteiger partial charge < -0.3 is 9.84 Å². The average Bonchev–Trinajstić information content (AvgIpc) is 2.74. The number of methoxy groups -OCH3 is 1. The van der Waals surface area contributed by atoms with Crippen LogP contribution in [0.4, 0.5) is 0 Å². The maximum Gasteiger partial charge on any atom is 0.216 e. The normalized spacial score (nSPS) is 12.4. The molecule has 2 aromatic rings. The lowest BCUT2D eigenvalue weighted by Gasteiger charge is -2.09. The summed E-state index contributed by atoms with van der Waals surface area (Å²) >= 11 is 7.32. The molecule has 0 spiro atoms. The Hall–Kier alpha value is -1.17. The standard InChI is InChI=1S/C10H9ClN2O2S/c1-15-8-4-7(12-5-13-8)9(14)10-6(11)2-3-16-10/h2-5,9,14H,1H3. The molecule has 1 atom stereocenters. The molecule has 0 aromatic carbocycles. The van der Waals surface area contributed by atoms with E-state index in [1.54, 1.807) is 12.1 Å². The van der Waals surface area contributed by atoms with Crippen LogP contribution >= 0.6 is 22.9 Å². The Balaban J connectivity index is 2.33. The van der Waals surface area contributed by atoms with Gasteiger partial charge in [-0.3, -0.25) is 0 Å². The number of thiophene rings is 1. The number of aliphatic hydroxyl groups excluding tert-OH is 1. The Morgan fingerprint density at radius 1 is 1.50 bits per heavy atom. The first-order chi connectivity index (χ1) is 7.72. The van der Waals surface area contributed by atoms with Crippen LogP contribution in [0.1, 0.15) is 16.7 Å². The summed E-state index contributed by atoms with van der Waals surface area (Å²) < 4.78 is 4.96. The summed E-state index contributed by atoms with van der Waals surface area (Å²) in [7, 11) is 1.51. The SMILES string of the molecule is COc1cc(C(O)c2sccc2Cl)ncn1. The Morgan fingerprint density at radius 3 is 2.94 bits per heavy atom. The molecular formula is C10H9ClN2O2S. The highest BCUT2D eigenvalue weighted by Gasteiger charge is 2.17. The first-order valence-corrected chi connectivity index (χ1v) is 5.75. The third-order valence-corrected chi connectivity index (χ3v) is 3.46. The van der Waals surface area contributed by atoms with Crippen molar-refractivity contribution >= 4 is 22.9 Å². The molecule has 16 heavy (non-hydrogen) atoms. The van der Waals surface area contributed by atoms with E-state index < -0.39 is 6.10 Å². The summed E-state index contributed by atoms with van der Waals surface area (Å²) in [5, 5.41) is 12.4. The van der Waals surface area contributed by atoms with Crippen molar-refractivity contribution in [1.82, 2.24) is 9.97 Å². The fourth-order valence-electron chi connectivity index (χ4n) is 1.25. The first-order valence-electron chi connectivity index (χ1n) is 4.49. The summed E-state index contributed by atoms with van der Waals surface area (Å²) in [6.45, 7) is 0. The fraction of sp³-hybridized carbons (Fsp3) is 0.200. The van der Waals surface area contributed by atoms with Crippen LogP contribution in [0, 0.1) is 0 Å². The van der Waals surface area contributed by atoms with Crippen molar-refractivity contribution in [3.05, 3.63) is 39.4 Å². The molecule has 0 aliphatic rings. The minimum Gasteiger partial charge on any atom is -0.481 e. The minimum absolute atomic E-state index is 0.414. The van der Waals surface area contributed by atoms with E-state index in [9.17, 15) is 5.11 Å². The highest BCUT2D eigenvalue weighted by Crippen LogP contribution is 2.32. The molecule has 0 radical (unpaired) electrons. The number of hydrogen-bond acceptors (Lipinski definition) is 5. The molecule has 0 fully saturated rings. The van der Waals surface area contributed by atoms with Crippen LogP contribution in [0.5, 0.6) is 5.88 Å². The summed E-state index contributed by atoms with van der Waals surface area (Å²) in [4.78, 5) is 8.53. The number of hydrogen-bond donors (Lipinski definition) is 1. The van der Waals surface area contributed by atoms with Crippen LogP contribution in [0.15, 0.2) is 23.8 Å². The number of nitrogens with zero attached hydrogens (tertiary/aromatic N) is 2. The van der Waals surface area contributed by atoms with E-state index in [0.29, 0.717) is 21.5 Å². The maximum absolute atomic E-state index is 10.1. The van der Waals surface area contributed by atoms with Crippen molar-refractivity contribution < 1.29 is 9.84 Å². The highest BCUT2D eigenvalue weighted by atomic mass is 35.5. The number of ether oxygens (including phenoxy) is 1. The van der Waals surface area contributed by atoms with Gasteiger partial charge in [0.1, 0.15) is 12.4 Å². The largest absolute Gasteiger partial charge is 0.481 e. The summed E-state index contributed by atoms with van der Waals surface area (Å²) in [5.74, 6) is 0.414. The van der Waals surface area contributed by atoms with E-state index in [0.717, 1.165) is 0 Å². The lowest BCUT2D eigenvalue weighted by molar-refractivity contribution is 0.218. The van der Waals surface area contributed by atoms with Crippen molar-refractivity contribution in [3.63, 3.8) is 0 Å². The van der Waals surface area contributed by atoms with Crippen LogP contribution in [-0.4, -0.2) is 22.2 Å². The third kappa shape index (κ3) is 2.16. The molecule has 0 amide bonds. The smallest absolute Gasteiger partial charge is 0.216 e. The van der Waals surface area contributed by atoms with Crippen LogP contribution < -0.4 is 4.74 Å². The molecule has 1 N–H and O–H groups in total. The van der Waals surface area contributed by atoms with Crippen molar-refractivity contribution in [3.8, 4) is 5.88 Å². The molecule has 0 saturated carbocycles.